The van der Waals surface area contributed by atoms with Crippen LogP contribution in [-0.4, -0.2) is 11.0 Å². The van der Waals surface area contributed by atoms with Gasteiger partial charge < -0.3 is 5.32 Å². The van der Waals surface area contributed by atoms with E-state index in [0.29, 0.717) is 6.04 Å². The van der Waals surface area contributed by atoms with Gasteiger partial charge in [0, 0.05) is 11.4 Å². The molecular weight excluding hydrogens is 232 g/mol. The van der Waals surface area contributed by atoms with Gasteiger partial charge in [0.05, 0.1) is 5.52 Å². The Morgan fingerprint density at radius 2 is 1.84 bits per heavy atom. The van der Waals surface area contributed by atoms with Crippen molar-refractivity contribution in [2.24, 2.45) is 5.92 Å². The highest BCUT2D eigenvalue weighted by molar-refractivity contribution is 5.80. The Morgan fingerprint density at radius 3 is 2.63 bits per heavy atom. The van der Waals surface area contributed by atoms with E-state index in [0.717, 1.165) is 17.3 Å². The summed E-state index contributed by atoms with van der Waals surface area (Å²) in [6.07, 6.45) is 6.63. The van der Waals surface area contributed by atoms with E-state index < -0.39 is 0 Å². The Morgan fingerprint density at radius 1 is 1.05 bits per heavy atom. The number of para-hydroxylation sites is 1. The molecule has 3 rings (SSSR count). The number of aromatic nitrogens is 1. The molecule has 0 aliphatic heterocycles. The number of hydrogen-bond donors (Lipinski definition) is 1. The van der Waals surface area contributed by atoms with Crippen LogP contribution in [0.4, 0.5) is 5.82 Å². The Hall–Kier alpha value is -1.57. The molecule has 1 fully saturated rings. The zero-order valence-electron chi connectivity index (χ0n) is 11.6. The van der Waals surface area contributed by atoms with Gasteiger partial charge in [-0.05, 0) is 49.8 Å². The Kier molecular flexibility index (Phi) is 3.67. The van der Waals surface area contributed by atoms with E-state index in [-0.39, 0.29) is 0 Å². The standard InChI is InChI=1S/C17H22N2/c1-2-13-7-10-15(11-8-13)18-17-12-9-14-5-3-4-6-16(14)19-17/h3-6,9,12-13,15H,2,7-8,10-11H2,1H3,(H,18,19). The van der Waals surface area contributed by atoms with Crippen LogP contribution in [0.25, 0.3) is 10.9 Å². The van der Waals surface area contributed by atoms with E-state index in [4.69, 9.17) is 4.98 Å². The minimum atomic E-state index is 0.608. The lowest BCUT2D eigenvalue weighted by atomic mass is 9.84. The highest BCUT2D eigenvalue weighted by atomic mass is 15.0. The number of fused-ring (bicyclic) bond motifs is 1. The van der Waals surface area contributed by atoms with E-state index in [1.807, 2.05) is 6.07 Å². The molecule has 1 aliphatic rings. The van der Waals surface area contributed by atoms with Crippen molar-refractivity contribution < 1.29 is 0 Å². The van der Waals surface area contributed by atoms with Gasteiger partial charge in [0.25, 0.3) is 0 Å². The lowest BCUT2D eigenvalue weighted by molar-refractivity contribution is 0.330. The van der Waals surface area contributed by atoms with Crippen LogP contribution < -0.4 is 5.32 Å². The zero-order chi connectivity index (χ0) is 13.1. The highest BCUT2D eigenvalue weighted by Gasteiger charge is 2.19. The molecule has 0 saturated heterocycles. The van der Waals surface area contributed by atoms with E-state index in [1.165, 1.54) is 37.5 Å². The smallest absolute Gasteiger partial charge is 0.126 e. The average Bonchev–Trinajstić information content (AvgIpc) is 2.48. The summed E-state index contributed by atoms with van der Waals surface area (Å²) in [4.78, 5) is 4.70. The Bertz CT molecular complexity index is 542. The third-order valence-electron chi connectivity index (χ3n) is 4.37. The maximum atomic E-state index is 4.70. The number of nitrogens with one attached hydrogen (secondary N) is 1. The summed E-state index contributed by atoms with van der Waals surface area (Å²) in [6, 6.07) is 13.2. The van der Waals surface area contributed by atoms with Gasteiger partial charge in [-0.1, -0.05) is 31.5 Å². The molecule has 0 radical (unpaired) electrons. The van der Waals surface area contributed by atoms with Crippen LogP contribution in [0.5, 0.6) is 0 Å². The lowest BCUT2D eigenvalue weighted by Gasteiger charge is -2.28. The Balaban J connectivity index is 1.68. The molecule has 19 heavy (non-hydrogen) atoms. The van der Waals surface area contributed by atoms with Crippen LogP contribution in [0.2, 0.25) is 0 Å². The van der Waals surface area contributed by atoms with Crippen molar-refractivity contribution >= 4 is 16.7 Å². The first kappa shape index (κ1) is 12.5. The van der Waals surface area contributed by atoms with Crippen LogP contribution >= 0.6 is 0 Å². The van der Waals surface area contributed by atoms with E-state index in [9.17, 15) is 0 Å². The lowest BCUT2D eigenvalue weighted by Crippen LogP contribution is -2.26. The second-order valence-corrected chi connectivity index (χ2v) is 5.66. The van der Waals surface area contributed by atoms with Crippen molar-refractivity contribution in [1.82, 2.24) is 4.98 Å². The van der Waals surface area contributed by atoms with Crippen LogP contribution in [-0.2, 0) is 0 Å². The second kappa shape index (κ2) is 5.60. The highest BCUT2D eigenvalue weighted by Crippen LogP contribution is 2.28. The quantitative estimate of drug-likeness (QED) is 0.864. The maximum absolute atomic E-state index is 4.70. The summed E-state index contributed by atoms with van der Waals surface area (Å²) in [5.74, 6) is 1.97. The molecule has 0 amide bonds. The van der Waals surface area contributed by atoms with Gasteiger partial charge in [-0.2, -0.15) is 0 Å². The van der Waals surface area contributed by atoms with Crippen molar-refractivity contribution in [3.05, 3.63) is 36.4 Å². The number of rotatable bonds is 3. The van der Waals surface area contributed by atoms with Crippen LogP contribution in [0.3, 0.4) is 0 Å². The van der Waals surface area contributed by atoms with Crippen molar-refractivity contribution in [3.8, 4) is 0 Å². The SMILES string of the molecule is CCC1CCC(Nc2ccc3ccccc3n2)CC1. The van der Waals surface area contributed by atoms with Gasteiger partial charge in [0.1, 0.15) is 5.82 Å². The fourth-order valence-electron chi connectivity index (χ4n) is 3.07. The normalized spacial score (nSPS) is 23.4. The molecule has 1 aliphatic carbocycles. The number of hydrogen-bond acceptors (Lipinski definition) is 2. The molecule has 1 heterocycles. The predicted molar refractivity (Wildman–Crippen MR) is 81.4 cm³/mol. The van der Waals surface area contributed by atoms with Crippen molar-refractivity contribution in [3.63, 3.8) is 0 Å². The number of nitrogens with zero attached hydrogens (tertiary/aromatic N) is 1. The second-order valence-electron chi connectivity index (χ2n) is 5.66. The number of anilines is 1. The van der Waals surface area contributed by atoms with Crippen LogP contribution in [0.1, 0.15) is 39.0 Å². The topological polar surface area (TPSA) is 24.9 Å². The number of pyridine rings is 1. The summed E-state index contributed by atoms with van der Waals surface area (Å²) in [7, 11) is 0. The van der Waals surface area contributed by atoms with Gasteiger partial charge in [-0.15, -0.1) is 0 Å². The first-order chi connectivity index (χ1) is 9.35. The fourth-order valence-corrected chi connectivity index (χ4v) is 3.07. The third kappa shape index (κ3) is 2.89. The molecule has 0 bridgehead atoms. The van der Waals surface area contributed by atoms with Crippen molar-refractivity contribution in [2.45, 2.75) is 45.1 Å². The maximum Gasteiger partial charge on any atom is 0.126 e. The monoisotopic (exact) mass is 254 g/mol. The molecule has 1 saturated carbocycles. The van der Waals surface area contributed by atoms with Gasteiger partial charge in [-0.3, -0.25) is 0 Å². The van der Waals surface area contributed by atoms with E-state index >= 15 is 0 Å². The molecule has 100 valence electrons. The summed E-state index contributed by atoms with van der Waals surface area (Å²) >= 11 is 0. The molecule has 1 N–H and O–H groups in total. The summed E-state index contributed by atoms with van der Waals surface area (Å²) in [6.45, 7) is 2.31. The van der Waals surface area contributed by atoms with Gasteiger partial charge in [-0.25, -0.2) is 4.98 Å². The minimum absolute atomic E-state index is 0.608. The molecule has 0 unspecified atom stereocenters. The first-order valence-electron chi connectivity index (χ1n) is 7.47. The third-order valence-corrected chi connectivity index (χ3v) is 4.37. The largest absolute Gasteiger partial charge is 0.367 e. The minimum Gasteiger partial charge on any atom is -0.367 e. The van der Waals surface area contributed by atoms with Gasteiger partial charge in [0.2, 0.25) is 0 Å². The van der Waals surface area contributed by atoms with Crippen LogP contribution in [0, 0.1) is 5.92 Å². The number of benzene rings is 1. The molecule has 0 spiro atoms. The summed E-state index contributed by atoms with van der Waals surface area (Å²) < 4.78 is 0. The van der Waals surface area contributed by atoms with Crippen molar-refractivity contribution in [1.29, 1.82) is 0 Å². The first-order valence-corrected chi connectivity index (χ1v) is 7.47. The van der Waals surface area contributed by atoms with Gasteiger partial charge >= 0.3 is 0 Å². The fraction of sp³-hybridized carbons (Fsp3) is 0.471. The summed E-state index contributed by atoms with van der Waals surface area (Å²) in [5.41, 5.74) is 1.08. The average molecular weight is 254 g/mol. The molecule has 2 aromatic rings. The van der Waals surface area contributed by atoms with Crippen molar-refractivity contribution in [2.75, 3.05) is 5.32 Å². The molecule has 2 nitrogen and oxygen atoms in total. The predicted octanol–water partition coefficient (Wildman–Crippen LogP) is 4.62. The zero-order valence-corrected chi connectivity index (χ0v) is 11.6. The molecular formula is C17H22N2. The van der Waals surface area contributed by atoms with Crippen LogP contribution in [0.15, 0.2) is 36.4 Å². The molecule has 1 aromatic carbocycles. The van der Waals surface area contributed by atoms with E-state index in [2.05, 4.69) is 42.6 Å². The Labute approximate surface area is 115 Å². The molecule has 0 atom stereocenters. The van der Waals surface area contributed by atoms with E-state index in [1.54, 1.807) is 0 Å². The van der Waals surface area contributed by atoms with Gasteiger partial charge in [0.15, 0.2) is 0 Å². The molecule has 1 aromatic heterocycles. The molecule has 2 heteroatoms. The summed E-state index contributed by atoms with van der Waals surface area (Å²) in [5, 5.41) is 4.82.